The maximum absolute atomic E-state index is 15.4. The van der Waals surface area contributed by atoms with Crippen LogP contribution < -0.4 is 14.5 Å². The molecular weight excluding hydrogens is 818 g/mol. The van der Waals surface area contributed by atoms with Gasteiger partial charge in [0.05, 0.1) is 17.5 Å². The first-order valence-electron chi connectivity index (χ1n) is 17.4. The zero-order valence-corrected chi connectivity index (χ0v) is 30.7. The number of carboxylic acids is 1. The Labute approximate surface area is 333 Å². The number of benzene rings is 4. The molecule has 3 N–H and O–H groups in total. The lowest BCUT2D eigenvalue weighted by atomic mass is 9.56. The number of carbonyl (C=O) groups is 5. The van der Waals surface area contributed by atoms with Crippen LogP contribution in [-0.4, -0.2) is 54.7 Å². The molecule has 0 bridgehead atoms. The fourth-order valence-corrected chi connectivity index (χ4v) is 9.53. The van der Waals surface area contributed by atoms with Crippen LogP contribution in [0.15, 0.2) is 78.4 Å². The third kappa shape index (κ3) is 5.34. The van der Waals surface area contributed by atoms with Crippen molar-refractivity contribution in [3.05, 3.63) is 124 Å². The van der Waals surface area contributed by atoms with Crippen LogP contribution in [0.1, 0.15) is 40.2 Å². The summed E-state index contributed by atoms with van der Waals surface area (Å²) in [5.41, 5.74) is -2.07. The standard InChI is InChI=1S/C40H25Cl2F5N2O9/c41-39-14-23-19(10-11-22-26(23)35(53)48(34(22)52)17-6-8-21(36(54)55)24(50)12-17)27(20-9-7-18(13-25(20)51)58-15-16-4-2-1-3-5-16)40(39,42)38(57)49(37(39)56)33-31(46)29(44)28(43)30(45)32(33)47/h1-10,12-13,22-23,26-27,50-51H,11,14-15H2,(H,54,55). The smallest absolute Gasteiger partial charge is 0.339 e. The van der Waals surface area contributed by atoms with Gasteiger partial charge in [-0.25, -0.2) is 36.5 Å². The number of amides is 4. The number of rotatable bonds is 7. The molecule has 18 heteroatoms. The molecule has 4 amide bonds. The third-order valence-corrected chi connectivity index (χ3v) is 12.7. The average molecular weight is 844 g/mol. The largest absolute Gasteiger partial charge is 0.508 e. The zero-order chi connectivity index (χ0) is 41.7. The second-order valence-corrected chi connectivity index (χ2v) is 15.4. The Balaban J connectivity index is 1.27. The molecule has 11 nitrogen and oxygen atoms in total. The summed E-state index contributed by atoms with van der Waals surface area (Å²) in [5, 5.41) is 31.3. The second-order valence-electron chi connectivity index (χ2n) is 14.2. The number of nitrogens with zero attached hydrogens (tertiary/aromatic N) is 2. The molecule has 3 fully saturated rings. The van der Waals surface area contributed by atoms with Gasteiger partial charge in [0.15, 0.2) is 33.0 Å². The normalized spacial score (nSPS) is 26.4. The summed E-state index contributed by atoms with van der Waals surface area (Å²) in [4.78, 5) is 63.4. The van der Waals surface area contributed by atoms with Crippen molar-refractivity contribution in [1.29, 1.82) is 0 Å². The Morgan fingerprint density at radius 1 is 0.776 bits per heavy atom. The predicted octanol–water partition coefficient (Wildman–Crippen LogP) is 6.84. The van der Waals surface area contributed by atoms with Crippen molar-refractivity contribution in [3.63, 3.8) is 0 Å². The summed E-state index contributed by atoms with van der Waals surface area (Å²) < 4.78 is 79.8. The number of carbonyl (C=O) groups excluding carboxylic acids is 4. The van der Waals surface area contributed by atoms with Gasteiger partial charge in [-0.05, 0) is 42.5 Å². The molecule has 4 aromatic carbocycles. The van der Waals surface area contributed by atoms with Crippen LogP contribution in [0.4, 0.5) is 33.3 Å². The number of halogens is 7. The molecule has 4 aliphatic rings. The zero-order valence-electron chi connectivity index (χ0n) is 29.2. The van der Waals surface area contributed by atoms with E-state index in [4.69, 9.17) is 27.9 Å². The molecule has 6 atom stereocenters. The van der Waals surface area contributed by atoms with Gasteiger partial charge in [-0.2, -0.15) is 0 Å². The van der Waals surface area contributed by atoms with Crippen LogP contribution in [0.3, 0.4) is 0 Å². The van der Waals surface area contributed by atoms with Gasteiger partial charge in [-0.15, -0.1) is 23.2 Å². The topological polar surface area (TPSA) is 162 Å². The van der Waals surface area contributed by atoms with E-state index in [0.29, 0.717) is 4.90 Å². The van der Waals surface area contributed by atoms with E-state index in [2.05, 4.69) is 0 Å². The van der Waals surface area contributed by atoms with E-state index in [0.717, 1.165) is 29.8 Å². The van der Waals surface area contributed by atoms with Crippen molar-refractivity contribution in [2.45, 2.75) is 35.1 Å². The number of aromatic carboxylic acids is 1. The molecule has 4 aromatic rings. The first-order valence-corrected chi connectivity index (χ1v) is 18.1. The van der Waals surface area contributed by atoms with Crippen molar-refractivity contribution < 1.29 is 66.0 Å². The molecule has 2 saturated heterocycles. The summed E-state index contributed by atoms with van der Waals surface area (Å²) in [6, 6.07) is 15.6. The SMILES string of the molecule is O=C(O)c1ccc(N2C(=O)C3CC=C4C(CC5(Cl)C(=O)N(c6c(F)c(F)c(F)c(F)c6F)C(=O)C5(Cl)C4c4ccc(OCc5ccccc5)cc4O)C3C2=O)cc1O. The van der Waals surface area contributed by atoms with Gasteiger partial charge in [0.25, 0.3) is 11.8 Å². The molecule has 6 unspecified atom stereocenters. The average Bonchev–Trinajstić information content (AvgIpc) is 3.53. The molecule has 2 heterocycles. The van der Waals surface area contributed by atoms with Crippen molar-refractivity contribution in [1.82, 2.24) is 0 Å². The first-order chi connectivity index (χ1) is 27.4. The number of alkyl halides is 2. The predicted molar refractivity (Wildman–Crippen MR) is 193 cm³/mol. The van der Waals surface area contributed by atoms with E-state index in [-0.39, 0.29) is 40.5 Å². The Kier molecular flexibility index (Phi) is 9.08. The molecule has 1 saturated carbocycles. The Bertz CT molecular complexity index is 2530. The Hall–Kier alpha value is -6.00. The number of phenolic OH excluding ortho intramolecular Hbond substituents is 1. The maximum Gasteiger partial charge on any atom is 0.339 e. The minimum absolute atomic E-state index is 0.0525. The lowest BCUT2D eigenvalue weighted by molar-refractivity contribution is -0.125. The highest BCUT2D eigenvalue weighted by Gasteiger charge is 2.77. The molecule has 2 aliphatic carbocycles. The summed E-state index contributed by atoms with van der Waals surface area (Å²) >= 11 is 14.3. The van der Waals surface area contributed by atoms with Crippen LogP contribution >= 0.6 is 23.2 Å². The van der Waals surface area contributed by atoms with E-state index in [9.17, 15) is 52.5 Å². The second kappa shape index (κ2) is 13.6. The van der Waals surface area contributed by atoms with Gasteiger partial charge < -0.3 is 20.1 Å². The van der Waals surface area contributed by atoms with Gasteiger partial charge in [0.1, 0.15) is 35.1 Å². The first kappa shape index (κ1) is 38.9. The molecule has 2 aliphatic heterocycles. The van der Waals surface area contributed by atoms with Crippen LogP contribution in [0.2, 0.25) is 0 Å². The van der Waals surface area contributed by atoms with Gasteiger partial charge >= 0.3 is 5.97 Å². The maximum atomic E-state index is 15.4. The van der Waals surface area contributed by atoms with Crippen molar-refractivity contribution in [2.24, 2.45) is 17.8 Å². The number of hydrogen-bond acceptors (Lipinski definition) is 8. The van der Waals surface area contributed by atoms with Gasteiger partial charge in [0, 0.05) is 23.6 Å². The van der Waals surface area contributed by atoms with Crippen molar-refractivity contribution in [3.8, 4) is 17.2 Å². The molecule has 8 rings (SSSR count). The Morgan fingerprint density at radius 2 is 1.43 bits per heavy atom. The number of hydrogen-bond donors (Lipinski definition) is 3. The molecule has 58 heavy (non-hydrogen) atoms. The van der Waals surface area contributed by atoms with Crippen LogP contribution in [0.25, 0.3) is 0 Å². The van der Waals surface area contributed by atoms with E-state index < -0.39 is 121 Å². The third-order valence-electron chi connectivity index (χ3n) is 11.3. The van der Waals surface area contributed by atoms with E-state index >= 15 is 8.78 Å². The lowest BCUT2D eigenvalue weighted by Crippen LogP contribution is -2.60. The molecule has 0 radical (unpaired) electrons. The van der Waals surface area contributed by atoms with Crippen LogP contribution in [0.5, 0.6) is 17.2 Å². The molecule has 0 spiro atoms. The number of anilines is 2. The Morgan fingerprint density at radius 3 is 2.05 bits per heavy atom. The summed E-state index contributed by atoms with van der Waals surface area (Å²) in [6.45, 7) is 0.0525. The summed E-state index contributed by atoms with van der Waals surface area (Å²) in [7, 11) is 0. The number of carboxylic acid groups (broad SMARTS) is 1. The van der Waals surface area contributed by atoms with E-state index in [1.807, 2.05) is 0 Å². The quantitative estimate of drug-likeness (QED) is 0.0452. The van der Waals surface area contributed by atoms with E-state index in [1.54, 1.807) is 30.3 Å². The van der Waals surface area contributed by atoms with Gasteiger partial charge in [-0.3, -0.25) is 19.2 Å². The number of ether oxygens (including phenoxy) is 1. The number of fused-ring (bicyclic) bond motifs is 4. The fraction of sp³-hybridized carbons (Fsp3) is 0.225. The summed E-state index contributed by atoms with van der Waals surface area (Å²) in [5.74, 6) is -26.1. The molecule has 0 aromatic heterocycles. The highest BCUT2D eigenvalue weighted by atomic mass is 35.5. The van der Waals surface area contributed by atoms with Crippen LogP contribution in [-0.2, 0) is 25.8 Å². The van der Waals surface area contributed by atoms with Crippen molar-refractivity contribution >= 4 is 64.2 Å². The van der Waals surface area contributed by atoms with E-state index in [1.165, 1.54) is 18.2 Å². The number of imide groups is 2. The number of aromatic hydroxyl groups is 2. The van der Waals surface area contributed by atoms with Gasteiger partial charge in [0.2, 0.25) is 17.6 Å². The molecule has 298 valence electrons. The van der Waals surface area contributed by atoms with Gasteiger partial charge in [-0.1, -0.05) is 48.0 Å². The number of phenols is 2. The molecular formula is C40H25Cl2F5N2O9. The lowest BCUT2D eigenvalue weighted by Gasteiger charge is -2.50. The van der Waals surface area contributed by atoms with Crippen LogP contribution in [0, 0.1) is 46.8 Å². The van der Waals surface area contributed by atoms with Crippen molar-refractivity contribution in [2.75, 3.05) is 9.80 Å². The fourth-order valence-electron chi connectivity index (χ4n) is 8.61. The monoisotopic (exact) mass is 842 g/mol. The minimum atomic E-state index is -2.88. The highest BCUT2D eigenvalue weighted by Crippen LogP contribution is 2.67. The number of allylic oxidation sites excluding steroid dienone is 2. The summed E-state index contributed by atoms with van der Waals surface area (Å²) in [6.07, 6.45) is 0.431. The minimum Gasteiger partial charge on any atom is -0.508 e. The highest BCUT2D eigenvalue weighted by molar-refractivity contribution is 6.58.